The van der Waals surface area contributed by atoms with Crippen LogP contribution < -0.4 is 0 Å². The quantitative estimate of drug-likeness (QED) is 0.675. The van der Waals surface area contributed by atoms with E-state index in [-0.39, 0.29) is 0 Å². The van der Waals surface area contributed by atoms with E-state index in [1.54, 1.807) is 12.5 Å². The number of H-pyrrole nitrogens is 1. The Morgan fingerprint density at radius 3 is 2.81 bits per heavy atom. The lowest BCUT2D eigenvalue weighted by Gasteiger charge is -2.17. The van der Waals surface area contributed by atoms with Crippen molar-refractivity contribution in [1.29, 1.82) is 0 Å². The average molecular weight is 283 g/mol. The fraction of sp³-hybridized carbons (Fsp3) is 0.188. The molecule has 21 heavy (non-hydrogen) atoms. The van der Waals surface area contributed by atoms with Crippen molar-refractivity contribution in [2.75, 3.05) is 6.54 Å². The van der Waals surface area contributed by atoms with Crippen LogP contribution in [0.4, 0.5) is 0 Å². The Bertz CT molecular complexity index is 668. The second kappa shape index (κ2) is 6.28. The van der Waals surface area contributed by atoms with Gasteiger partial charge in [0, 0.05) is 12.7 Å². The van der Waals surface area contributed by atoms with Gasteiger partial charge in [0.2, 0.25) is 0 Å². The van der Waals surface area contributed by atoms with Crippen LogP contribution in [-0.2, 0) is 13.1 Å². The highest BCUT2D eigenvalue weighted by atomic mass is 16.3. The molecule has 5 heteroatoms. The third-order valence-electron chi connectivity index (χ3n) is 3.15. The van der Waals surface area contributed by atoms with E-state index in [9.17, 15) is 0 Å². The summed E-state index contributed by atoms with van der Waals surface area (Å²) >= 11 is 0. The van der Waals surface area contributed by atoms with Gasteiger partial charge in [0.25, 0.3) is 0 Å². The molecule has 0 fully saturated rings. The standard InChI is InChI=1S/C16H17N3O2/c1-2-9-19(11-13-4-3-10-20-13)12-14-5-6-16(21-14)15-7-8-17-18-15/h2-8,10H,1,9,11-12H2,(H,17,18). The number of hydrogen-bond acceptors (Lipinski definition) is 4. The largest absolute Gasteiger partial charge is 0.468 e. The summed E-state index contributed by atoms with van der Waals surface area (Å²) in [5.41, 5.74) is 0.877. The fourth-order valence-corrected chi connectivity index (χ4v) is 2.21. The summed E-state index contributed by atoms with van der Waals surface area (Å²) in [4.78, 5) is 2.20. The summed E-state index contributed by atoms with van der Waals surface area (Å²) < 4.78 is 11.2. The van der Waals surface area contributed by atoms with E-state index in [0.717, 1.165) is 36.1 Å². The molecule has 3 aromatic rings. The van der Waals surface area contributed by atoms with Crippen molar-refractivity contribution >= 4 is 0 Å². The summed E-state index contributed by atoms with van der Waals surface area (Å²) in [6.45, 7) is 5.98. The summed E-state index contributed by atoms with van der Waals surface area (Å²) in [6.07, 6.45) is 5.27. The van der Waals surface area contributed by atoms with Crippen molar-refractivity contribution in [2.45, 2.75) is 13.1 Å². The van der Waals surface area contributed by atoms with Crippen LogP contribution in [0.3, 0.4) is 0 Å². The lowest BCUT2D eigenvalue weighted by atomic mass is 10.3. The minimum Gasteiger partial charge on any atom is -0.468 e. The predicted molar refractivity (Wildman–Crippen MR) is 79.3 cm³/mol. The molecule has 0 aliphatic carbocycles. The topological polar surface area (TPSA) is 58.2 Å². The number of rotatable bonds is 7. The Balaban J connectivity index is 1.69. The van der Waals surface area contributed by atoms with Crippen molar-refractivity contribution in [3.8, 4) is 11.5 Å². The summed E-state index contributed by atoms with van der Waals surface area (Å²) in [5.74, 6) is 2.62. The molecule has 0 unspecified atom stereocenters. The second-order valence-electron chi connectivity index (χ2n) is 4.77. The molecule has 0 aliphatic heterocycles. The molecule has 0 radical (unpaired) electrons. The molecule has 0 spiro atoms. The van der Waals surface area contributed by atoms with E-state index in [4.69, 9.17) is 8.83 Å². The minimum atomic E-state index is 0.695. The predicted octanol–water partition coefficient (Wildman–Crippen LogP) is 3.45. The van der Waals surface area contributed by atoms with Crippen LogP contribution in [0.2, 0.25) is 0 Å². The van der Waals surface area contributed by atoms with Gasteiger partial charge in [0.05, 0.1) is 19.4 Å². The van der Waals surface area contributed by atoms with Gasteiger partial charge in [-0.05, 0) is 30.3 Å². The number of hydrogen-bond donors (Lipinski definition) is 1. The van der Waals surface area contributed by atoms with Crippen LogP contribution in [0.25, 0.3) is 11.5 Å². The van der Waals surface area contributed by atoms with E-state index in [1.807, 2.05) is 36.4 Å². The first-order valence-electron chi connectivity index (χ1n) is 6.79. The van der Waals surface area contributed by atoms with Gasteiger partial charge in [0.1, 0.15) is 17.2 Å². The number of furan rings is 2. The van der Waals surface area contributed by atoms with Crippen LogP contribution >= 0.6 is 0 Å². The zero-order valence-corrected chi connectivity index (χ0v) is 11.7. The van der Waals surface area contributed by atoms with Crippen LogP contribution in [0, 0.1) is 0 Å². The average Bonchev–Trinajstić information content (AvgIpc) is 3.21. The maximum Gasteiger partial charge on any atom is 0.152 e. The van der Waals surface area contributed by atoms with Gasteiger partial charge in [-0.3, -0.25) is 10.00 Å². The van der Waals surface area contributed by atoms with Crippen LogP contribution in [0.1, 0.15) is 11.5 Å². The van der Waals surface area contributed by atoms with Crippen molar-refractivity contribution in [3.05, 3.63) is 67.0 Å². The lowest BCUT2D eigenvalue weighted by Crippen LogP contribution is -2.22. The van der Waals surface area contributed by atoms with Gasteiger partial charge in [-0.1, -0.05) is 6.08 Å². The Kier molecular flexibility index (Phi) is 4.02. The monoisotopic (exact) mass is 283 g/mol. The maximum absolute atomic E-state index is 5.85. The van der Waals surface area contributed by atoms with Crippen LogP contribution in [0.5, 0.6) is 0 Å². The van der Waals surface area contributed by atoms with E-state index in [0.29, 0.717) is 6.54 Å². The maximum atomic E-state index is 5.85. The molecule has 5 nitrogen and oxygen atoms in total. The lowest BCUT2D eigenvalue weighted by molar-refractivity contribution is 0.241. The second-order valence-corrected chi connectivity index (χ2v) is 4.77. The third-order valence-corrected chi connectivity index (χ3v) is 3.15. The summed E-state index contributed by atoms with van der Waals surface area (Å²) in [5, 5.41) is 6.82. The zero-order chi connectivity index (χ0) is 14.5. The van der Waals surface area contributed by atoms with Gasteiger partial charge in [-0.2, -0.15) is 5.10 Å². The van der Waals surface area contributed by atoms with E-state index in [2.05, 4.69) is 21.7 Å². The number of aromatic nitrogens is 2. The van der Waals surface area contributed by atoms with Crippen molar-refractivity contribution in [1.82, 2.24) is 15.1 Å². The van der Waals surface area contributed by atoms with Crippen molar-refractivity contribution in [3.63, 3.8) is 0 Å². The molecular formula is C16H17N3O2. The number of aromatic amines is 1. The van der Waals surface area contributed by atoms with E-state index >= 15 is 0 Å². The Labute approximate surface area is 122 Å². The molecule has 3 heterocycles. The molecule has 3 aromatic heterocycles. The van der Waals surface area contributed by atoms with Gasteiger partial charge in [-0.25, -0.2) is 0 Å². The Hall–Kier alpha value is -2.53. The molecule has 0 saturated heterocycles. The molecule has 0 atom stereocenters. The molecule has 0 aliphatic rings. The highest BCUT2D eigenvalue weighted by Gasteiger charge is 2.11. The number of nitrogens with one attached hydrogen (secondary N) is 1. The van der Waals surface area contributed by atoms with Crippen LogP contribution in [0.15, 0.2) is 64.3 Å². The highest BCUT2D eigenvalue weighted by Crippen LogP contribution is 2.21. The molecule has 108 valence electrons. The molecule has 0 aromatic carbocycles. The first-order valence-corrected chi connectivity index (χ1v) is 6.79. The molecule has 1 N–H and O–H groups in total. The van der Waals surface area contributed by atoms with Crippen molar-refractivity contribution in [2.24, 2.45) is 0 Å². The van der Waals surface area contributed by atoms with Crippen LogP contribution in [-0.4, -0.2) is 21.6 Å². The first kappa shape index (κ1) is 13.5. The molecular weight excluding hydrogens is 266 g/mol. The Morgan fingerprint density at radius 2 is 2.10 bits per heavy atom. The van der Waals surface area contributed by atoms with E-state index in [1.165, 1.54) is 0 Å². The van der Waals surface area contributed by atoms with Gasteiger partial charge < -0.3 is 8.83 Å². The Morgan fingerprint density at radius 1 is 1.19 bits per heavy atom. The SMILES string of the molecule is C=CCN(Cc1ccco1)Cc1ccc(-c2ccn[nH]2)o1. The first-order chi connectivity index (χ1) is 10.3. The highest BCUT2D eigenvalue weighted by molar-refractivity contribution is 5.51. The van der Waals surface area contributed by atoms with Crippen molar-refractivity contribution < 1.29 is 8.83 Å². The molecule has 0 bridgehead atoms. The van der Waals surface area contributed by atoms with Gasteiger partial charge >= 0.3 is 0 Å². The normalized spacial score (nSPS) is 11.1. The fourth-order valence-electron chi connectivity index (χ4n) is 2.21. The third kappa shape index (κ3) is 3.32. The molecule has 0 saturated carbocycles. The van der Waals surface area contributed by atoms with E-state index < -0.39 is 0 Å². The van der Waals surface area contributed by atoms with Gasteiger partial charge in [0.15, 0.2) is 5.76 Å². The van der Waals surface area contributed by atoms with Gasteiger partial charge in [-0.15, -0.1) is 6.58 Å². The summed E-state index contributed by atoms with van der Waals surface area (Å²) in [6, 6.07) is 9.67. The smallest absolute Gasteiger partial charge is 0.152 e. The summed E-state index contributed by atoms with van der Waals surface area (Å²) in [7, 11) is 0. The number of nitrogens with zero attached hydrogens (tertiary/aromatic N) is 2. The zero-order valence-electron chi connectivity index (χ0n) is 11.7. The molecule has 3 rings (SSSR count). The molecule has 0 amide bonds. The minimum absolute atomic E-state index is 0.695.